The minimum absolute atomic E-state index is 0.0129. The minimum Gasteiger partial charge on any atom is -0.396 e. The Bertz CT molecular complexity index is 716. The van der Waals surface area contributed by atoms with E-state index in [1.165, 1.54) is 0 Å². The molecular weight excluding hydrogens is 306 g/mol. The molecule has 1 aromatic heterocycles. The second-order valence-corrected chi connectivity index (χ2v) is 6.48. The van der Waals surface area contributed by atoms with Gasteiger partial charge in [0.1, 0.15) is 5.82 Å². The summed E-state index contributed by atoms with van der Waals surface area (Å²) in [6.07, 6.45) is 5.10. The highest BCUT2D eigenvalue weighted by Gasteiger charge is 2.43. The number of nitrogens with one attached hydrogen (secondary N) is 1. The van der Waals surface area contributed by atoms with E-state index in [1.807, 2.05) is 29.2 Å². The Kier molecular flexibility index (Phi) is 4.08. The van der Waals surface area contributed by atoms with Gasteiger partial charge in [0.2, 0.25) is 0 Å². The number of H-pyrrole nitrogens is 1. The molecule has 1 aliphatic carbocycles. The molecule has 1 saturated heterocycles. The van der Waals surface area contributed by atoms with Gasteiger partial charge in [-0.1, -0.05) is 18.2 Å². The largest absolute Gasteiger partial charge is 0.396 e. The zero-order chi connectivity index (χ0) is 16.5. The van der Waals surface area contributed by atoms with Crippen molar-refractivity contribution >= 4 is 5.91 Å². The van der Waals surface area contributed by atoms with Crippen LogP contribution in [0.1, 0.15) is 23.2 Å². The Labute approximate surface area is 140 Å². The minimum atomic E-state index is 0.0129. The summed E-state index contributed by atoms with van der Waals surface area (Å²) in [6.45, 7) is 1.29. The molecule has 2 aliphatic rings. The van der Waals surface area contributed by atoms with E-state index in [0.717, 1.165) is 18.4 Å². The number of aliphatic hydroxyl groups excluding tert-OH is 1. The van der Waals surface area contributed by atoms with Crippen molar-refractivity contribution in [3.05, 3.63) is 42.2 Å². The Morgan fingerprint density at radius 1 is 1.38 bits per heavy atom. The van der Waals surface area contributed by atoms with Crippen LogP contribution in [0.3, 0.4) is 0 Å². The number of amides is 1. The number of benzene rings is 1. The van der Waals surface area contributed by atoms with Crippen molar-refractivity contribution in [3.8, 4) is 11.4 Å². The molecule has 1 aliphatic heterocycles. The van der Waals surface area contributed by atoms with Gasteiger partial charge in [0.15, 0.2) is 0 Å². The molecule has 2 fully saturated rings. The van der Waals surface area contributed by atoms with E-state index in [0.29, 0.717) is 24.5 Å². The Morgan fingerprint density at radius 2 is 2.25 bits per heavy atom. The molecule has 1 aromatic carbocycles. The summed E-state index contributed by atoms with van der Waals surface area (Å²) in [4.78, 5) is 22.5. The second-order valence-electron chi connectivity index (χ2n) is 6.48. The summed E-state index contributed by atoms with van der Waals surface area (Å²) in [5, 5.41) is 9.45. The zero-order valence-electron chi connectivity index (χ0n) is 13.4. The lowest BCUT2D eigenvalue weighted by molar-refractivity contribution is -0.0448. The fraction of sp³-hybridized carbons (Fsp3) is 0.444. The fourth-order valence-corrected chi connectivity index (χ4v) is 3.90. The van der Waals surface area contributed by atoms with E-state index in [9.17, 15) is 9.90 Å². The number of imidazole rings is 1. The molecule has 1 amide bonds. The first-order valence-corrected chi connectivity index (χ1v) is 8.40. The maximum absolute atomic E-state index is 13.2. The van der Waals surface area contributed by atoms with Gasteiger partial charge in [0.25, 0.3) is 5.91 Å². The number of rotatable bonds is 3. The molecule has 0 bridgehead atoms. The van der Waals surface area contributed by atoms with Crippen molar-refractivity contribution in [2.75, 3.05) is 19.8 Å². The second kappa shape index (κ2) is 6.37. The zero-order valence-corrected chi connectivity index (χ0v) is 13.4. The highest BCUT2D eigenvalue weighted by atomic mass is 16.5. The summed E-state index contributed by atoms with van der Waals surface area (Å²) in [7, 11) is 0. The van der Waals surface area contributed by atoms with E-state index < -0.39 is 0 Å². The Hall–Kier alpha value is -2.18. The van der Waals surface area contributed by atoms with Crippen molar-refractivity contribution in [3.63, 3.8) is 0 Å². The van der Waals surface area contributed by atoms with Gasteiger partial charge in [-0.15, -0.1) is 0 Å². The van der Waals surface area contributed by atoms with Crippen LogP contribution in [0.2, 0.25) is 0 Å². The molecule has 2 aromatic rings. The van der Waals surface area contributed by atoms with E-state index in [-0.39, 0.29) is 30.6 Å². The average Bonchev–Trinajstić information content (AvgIpc) is 3.29. The summed E-state index contributed by atoms with van der Waals surface area (Å²) in [6, 6.07) is 7.60. The first kappa shape index (κ1) is 15.4. The Morgan fingerprint density at radius 3 is 3.04 bits per heavy atom. The number of ether oxygens (including phenoxy) is 1. The van der Waals surface area contributed by atoms with Gasteiger partial charge in [-0.3, -0.25) is 4.79 Å². The van der Waals surface area contributed by atoms with Crippen LogP contribution in [-0.4, -0.2) is 57.8 Å². The maximum atomic E-state index is 13.2. The third-order valence-electron chi connectivity index (χ3n) is 5.06. The molecule has 2 N–H and O–H groups in total. The van der Waals surface area contributed by atoms with Crippen LogP contribution in [0, 0.1) is 5.92 Å². The highest BCUT2D eigenvalue weighted by Crippen LogP contribution is 2.35. The molecule has 1 unspecified atom stereocenters. The van der Waals surface area contributed by atoms with Crippen molar-refractivity contribution in [1.82, 2.24) is 14.9 Å². The maximum Gasteiger partial charge on any atom is 0.255 e. The van der Waals surface area contributed by atoms with Gasteiger partial charge in [-0.25, -0.2) is 4.98 Å². The lowest BCUT2D eigenvalue weighted by Crippen LogP contribution is -2.51. The molecule has 6 nitrogen and oxygen atoms in total. The number of hydrogen-bond donors (Lipinski definition) is 2. The van der Waals surface area contributed by atoms with Gasteiger partial charge in [0, 0.05) is 31.1 Å². The fourth-order valence-electron chi connectivity index (χ4n) is 3.90. The molecule has 6 heteroatoms. The first-order valence-electron chi connectivity index (χ1n) is 8.40. The molecule has 3 atom stereocenters. The van der Waals surface area contributed by atoms with E-state index in [4.69, 9.17) is 4.74 Å². The third-order valence-corrected chi connectivity index (χ3v) is 5.06. The van der Waals surface area contributed by atoms with Crippen LogP contribution >= 0.6 is 0 Å². The molecule has 0 spiro atoms. The topological polar surface area (TPSA) is 78.5 Å². The normalized spacial score (nSPS) is 26.4. The lowest BCUT2D eigenvalue weighted by atomic mass is 10.0. The van der Waals surface area contributed by atoms with Gasteiger partial charge in [-0.05, 0) is 24.8 Å². The quantitative estimate of drug-likeness (QED) is 0.899. The van der Waals surface area contributed by atoms with E-state index >= 15 is 0 Å². The smallest absolute Gasteiger partial charge is 0.255 e. The molecule has 126 valence electrons. The predicted molar refractivity (Wildman–Crippen MR) is 88.4 cm³/mol. The molecule has 2 heterocycles. The SMILES string of the molecule is O=C(c1ccccc1-c1ncc[nH]1)N1CCOC2C[C@H](CO)C[C@@H]21. The number of aromatic nitrogens is 2. The summed E-state index contributed by atoms with van der Waals surface area (Å²) in [5.74, 6) is 0.927. The number of fused-ring (bicyclic) bond motifs is 1. The molecular formula is C18H21N3O3. The number of carbonyl (C=O) groups excluding carboxylic acids is 1. The molecule has 4 rings (SSSR count). The number of aromatic amines is 1. The first-order chi connectivity index (χ1) is 11.8. The van der Waals surface area contributed by atoms with Crippen LogP contribution in [0.25, 0.3) is 11.4 Å². The summed E-state index contributed by atoms with van der Waals surface area (Å²) >= 11 is 0. The van der Waals surface area contributed by atoms with Gasteiger partial charge < -0.3 is 19.7 Å². The number of nitrogens with zero attached hydrogens (tertiary/aromatic N) is 2. The van der Waals surface area contributed by atoms with Crippen molar-refractivity contribution < 1.29 is 14.6 Å². The number of morpholine rings is 1. The van der Waals surface area contributed by atoms with E-state index in [1.54, 1.807) is 12.4 Å². The van der Waals surface area contributed by atoms with E-state index in [2.05, 4.69) is 9.97 Å². The number of carbonyl (C=O) groups is 1. The summed E-state index contributed by atoms with van der Waals surface area (Å²) in [5.41, 5.74) is 1.47. The van der Waals surface area contributed by atoms with Crippen LogP contribution < -0.4 is 0 Å². The monoisotopic (exact) mass is 327 g/mol. The molecule has 0 radical (unpaired) electrons. The van der Waals surface area contributed by atoms with Crippen molar-refractivity contribution in [2.24, 2.45) is 5.92 Å². The standard InChI is InChI=1S/C18H21N3O3/c22-11-12-9-15-16(10-12)24-8-7-21(15)18(23)14-4-2-1-3-13(14)17-19-5-6-20-17/h1-6,12,15-16,22H,7-11H2,(H,19,20)/t12-,15+,16?/m1/s1. The average molecular weight is 327 g/mol. The van der Waals surface area contributed by atoms with Gasteiger partial charge >= 0.3 is 0 Å². The van der Waals surface area contributed by atoms with Crippen LogP contribution in [-0.2, 0) is 4.74 Å². The summed E-state index contributed by atoms with van der Waals surface area (Å²) < 4.78 is 5.83. The number of aliphatic hydroxyl groups is 1. The van der Waals surface area contributed by atoms with Gasteiger partial charge in [0.05, 0.1) is 24.3 Å². The van der Waals surface area contributed by atoms with Gasteiger partial charge in [-0.2, -0.15) is 0 Å². The predicted octanol–water partition coefficient (Wildman–Crippen LogP) is 1.69. The van der Waals surface area contributed by atoms with Crippen LogP contribution in [0.15, 0.2) is 36.7 Å². The van der Waals surface area contributed by atoms with Crippen LogP contribution in [0.4, 0.5) is 0 Å². The third kappa shape index (κ3) is 2.61. The Balaban J connectivity index is 1.64. The van der Waals surface area contributed by atoms with Crippen molar-refractivity contribution in [2.45, 2.75) is 25.0 Å². The number of hydrogen-bond acceptors (Lipinski definition) is 4. The highest BCUT2D eigenvalue weighted by molar-refractivity contribution is 6.00. The molecule has 24 heavy (non-hydrogen) atoms. The molecule has 1 saturated carbocycles. The van der Waals surface area contributed by atoms with Crippen molar-refractivity contribution in [1.29, 1.82) is 0 Å². The van der Waals surface area contributed by atoms with Crippen LogP contribution in [0.5, 0.6) is 0 Å². The lowest BCUT2D eigenvalue weighted by Gasteiger charge is -2.38.